The van der Waals surface area contributed by atoms with Crippen molar-refractivity contribution in [3.63, 3.8) is 0 Å². The summed E-state index contributed by atoms with van der Waals surface area (Å²) in [7, 11) is 0. The molecular weight excluding hydrogens is 250 g/mol. The lowest BCUT2D eigenvalue weighted by atomic mass is 9.50. The molecule has 5 heteroatoms. The van der Waals surface area contributed by atoms with Crippen molar-refractivity contribution in [2.75, 3.05) is 6.61 Å². The summed E-state index contributed by atoms with van der Waals surface area (Å²) in [6.07, 6.45) is 1.90. The number of rotatable bonds is 3. The molecule has 0 amide bonds. The van der Waals surface area contributed by atoms with Crippen LogP contribution in [0, 0.1) is 25.2 Å². The second-order valence-corrected chi connectivity index (χ2v) is 6.23. The summed E-state index contributed by atoms with van der Waals surface area (Å²) >= 11 is 0. The Balaban J connectivity index is 1.49. The van der Waals surface area contributed by atoms with Crippen molar-refractivity contribution < 1.29 is 13.5 Å². The normalized spacial score (nSPS) is 23.8. The van der Waals surface area contributed by atoms with Gasteiger partial charge in [-0.1, -0.05) is 0 Å². The topological polar surface area (TPSA) is 35.0 Å². The first-order valence-corrected chi connectivity index (χ1v) is 6.69. The van der Waals surface area contributed by atoms with Crippen molar-refractivity contribution >= 4 is 0 Å². The van der Waals surface area contributed by atoms with E-state index in [4.69, 9.17) is 4.74 Å². The van der Waals surface area contributed by atoms with Gasteiger partial charge in [0.05, 0.1) is 12.3 Å². The van der Waals surface area contributed by atoms with Crippen molar-refractivity contribution in [1.29, 1.82) is 0 Å². The summed E-state index contributed by atoms with van der Waals surface area (Å²) in [4.78, 5) is 0. The summed E-state index contributed by atoms with van der Waals surface area (Å²) in [5.41, 5.74) is 1.53. The second kappa shape index (κ2) is 4.12. The van der Waals surface area contributed by atoms with Crippen molar-refractivity contribution in [1.82, 2.24) is 10.2 Å². The molecule has 0 bridgehead atoms. The highest BCUT2D eigenvalue weighted by Gasteiger charge is 2.61. The van der Waals surface area contributed by atoms with Gasteiger partial charge in [-0.05, 0) is 38.0 Å². The van der Waals surface area contributed by atoms with Crippen LogP contribution in [0.3, 0.4) is 0 Å². The highest BCUT2D eigenvalue weighted by molar-refractivity contribution is 5.26. The van der Waals surface area contributed by atoms with Crippen molar-refractivity contribution in [2.45, 2.75) is 45.5 Å². The fourth-order valence-electron chi connectivity index (χ4n) is 3.50. The van der Waals surface area contributed by atoms with Gasteiger partial charge >= 0.3 is 0 Å². The van der Waals surface area contributed by atoms with Crippen LogP contribution in [-0.2, 0) is 0 Å². The molecule has 0 N–H and O–H groups in total. The maximum absolute atomic E-state index is 12.9. The maximum Gasteiger partial charge on any atom is 0.249 e. The molecule has 19 heavy (non-hydrogen) atoms. The Hall–Kier alpha value is -1.26. The average molecular weight is 268 g/mol. The Morgan fingerprint density at radius 3 is 2.58 bits per heavy atom. The molecule has 1 spiro atoms. The molecule has 2 aliphatic rings. The zero-order valence-electron chi connectivity index (χ0n) is 11.2. The quantitative estimate of drug-likeness (QED) is 0.843. The molecule has 0 aliphatic heterocycles. The van der Waals surface area contributed by atoms with Gasteiger partial charge in [0.1, 0.15) is 11.4 Å². The van der Waals surface area contributed by atoms with E-state index in [-0.39, 0.29) is 18.3 Å². The minimum absolute atomic E-state index is 0.0705. The standard InChI is InChI=1S/C14H18F2N2O/c1-9-3-12(10(2)18-17-9)19-6-11-4-13(5-11)7-14(15,16)8-13/h3,11H,4-8H2,1-2H3. The molecule has 3 rings (SSSR count). The van der Waals surface area contributed by atoms with Gasteiger partial charge in [0.2, 0.25) is 5.92 Å². The molecule has 3 nitrogen and oxygen atoms in total. The highest BCUT2D eigenvalue weighted by atomic mass is 19.3. The number of aromatic nitrogens is 2. The van der Waals surface area contributed by atoms with Gasteiger partial charge in [-0.25, -0.2) is 8.78 Å². The number of ether oxygens (including phenoxy) is 1. The first-order valence-electron chi connectivity index (χ1n) is 6.69. The van der Waals surface area contributed by atoms with Crippen molar-refractivity contribution in [2.24, 2.45) is 11.3 Å². The molecule has 2 aliphatic carbocycles. The van der Waals surface area contributed by atoms with Gasteiger partial charge < -0.3 is 4.74 Å². The number of hydrogen-bond acceptors (Lipinski definition) is 3. The van der Waals surface area contributed by atoms with Crippen LogP contribution in [0.2, 0.25) is 0 Å². The Labute approximate surface area is 111 Å². The lowest BCUT2D eigenvalue weighted by Gasteiger charge is -2.57. The molecule has 0 aromatic carbocycles. The van der Waals surface area contributed by atoms with E-state index >= 15 is 0 Å². The summed E-state index contributed by atoms with van der Waals surface area (Å²) in [5, 5.41) is 7.95. The van der Waals surface area contributed by atoms with E-state index in [1.54, 1.807) is 0 Å². The molecule has 1 aromatic rings. The fraction of sp³-hybridized carbons (Fsp3) is 0.714. The van der Waals surface area contributed by atoms with Crippen LogP contribution in [0.1, 0.15) is 37.1 Å². The van der Waals surface area contributed by atoms with Crippen LogP contribution in [0.5, 0.6) is 5.75 Å². The average Bonchev–Trinajstić information content (AvgIpc) is 2.24. The van der Waals surface area contributed by atoms with E-state index in [2.05, 4.69) is 10.2 Å². The lowest BCUT2D eigenvalue weighted by molar-refractivity contribution is -0.209. The molecular formula is C14H18F2N2O. The van der Waals surface area contributed by atoms with Gasteiger partial charge in [0.25, 0.3) is 0 Å². The third-order valence-electron chi connectivity index (χ3n) is 4.24. The van der Waals surface area contributed by atoms with Gasteiger partial charge in [-0.2, -0.15) is 10.2 Å². The maximum atomic E-state index is 12.9. The van der Waals surface area contributed by atoms with Gasteiger partial charge in [0, 0.05) is 18.9 Å². The second-order valence-electron chi connectivity index (χ2n) is 6.23. The Bertz CT molecular complexity index is 488. The number of hydrogen-bond donors (Lipinski definition) is 0. The van der Waals surface area contributed by atoms with Crippen LogP contribution < -0.4 is 4.74 Å². The van der Waals surface area contributed by atoms with E-state index < -0.39 is 5.92 Å². The third-order valence-corrected chi connectivity index (χ3v) is 4.24. The van der Waals surface area contributed by atoms with E-state index in [1.807, 2.05) is 19.9 Å². The molecule has 0 unspecified atom stereocenters. The van der Waals surface area contributed by atoms with Gasteiger partial charge in [-0.15, -0.1) is 0 Å². The van der Waals surface area contributed by atoms with Gasteiger partial charge in [0.15, 0.2) is 0 Å². The summed E-state index contributed by atoms with van der Waals surface area (Å²) in [5.74, 6) is -1.24. The van der Waals surface area contributed by atoms with Crippen LogP contribution in [-0.4, -0.2) is 22.7 Å². The van der Waals surface area contributed by atoms with E-state index in [9.17, 15) is 8.78 Å². The molecule has 0 atom stereocenters. The lowest BCUT2D eigenvalue weighted by Crippen LogP contribution is -2.54. The van der Waals surface area contributed by atoms with Crippen molar-refractivity contribution in [3.05, 3.63) is 17.5 Å². The van der Waals surface area contributed by atoms with Crippen LogP contribution in [0.25, 0.3) is 0 Å². The number of halogens is 2. The van der Waals surface area contributed by atoms with Crippen LogP contribution in [0.4, 0.5) is 8.78 Å². The molecule has 0 radical (unpaired) electrons. The summed E-state index contributed by atoms with van der Waals surface area (Å²) in [6, 6.07) is 1.87. The largest absolute Gasteiger partial charge is 0.491 e. The first-order chi connectivity index (χ1) is 8.88. The third kappa shape index (κ3) is 2.42. The van der Waals surface area contributed by atoms with Crippen molar-refractivity contribution in [3.8, 4) is 5.75 Å². The van der Waals surface area contributed by atoms with Crippen LogP contribution >= 0.6 is 0 Å². The monoisotopic (exact) mass is 268 g/mol. The van der Waals surface area contributed by atoms with Gasteiger partial charge in [-0.3, -0.25) is 0 Å². The molecule has 1 heterocycles. The van der Waals surface area contributed by atoms with E-state index in [0.717, 1.165) is 30.0 Å². The predicted molar refractivity (Wildman–Crippen MR) is 66.3 cm³/mol. The Morgan fingerprint density at radius 1 is 1.26 bits per heavy atom. The zero-order valence-corrected chi connectivity index (χ0v) is 11.2. The Morgan fingerprint density at radius 2 is 1.95 bits per heavy atom. The fourth-order valence-corrected chi connectivity index (χ4v) is 3.50. The smallest absolute Gasteiger partial charge is 0.249 e. The predicted octanol–water partition coefficient (Wildman–Crippen LogP) is 3.30. The van der Waals surface area contributed by atoms with E-state index in [0.29, 0.717) is 12.5 Å². The molecule has 0 saturated heterocycles. The van der Waals surface area contributed by atoms with E-state index in [1.165, 1.54) is 0 Å². The molecule has 1 aromatic heterocycles. The number of aryl methyl sites for hydroxylation is 2. The molecule has 2 saturated carbocycles. The SMILES string of the molecule is Cc1cc(OCC2CC3(C2)CC(F)(F)C3)c(C)nn1. The first kappa shape index (κ1) is 12.8. The number of nitrogens with zero attached hydrogens (tertiary/aromatic N) is 2. The highest BCUT2D eigenvalue weighted by Crippen LogP contribution is 2.64. The summed E-state index contributed by atoms with van der Waals surface area (Å²) < 4.78 is 31.5. The number of alkyl halides is 2. The molecule has 104 valence electrons. The van der Waals surface area contributed by atoms with Crippen LogP contribution in [0.15, 0.2) is 6.07 Å². The minimum atomic E-state index is -2.41. The zero-order chi connectivity index (χ0) is 13.7. The summed E-state index contributed by atoms with van der Waals surface area (Å²) in [6.45, 7) is 4.32. The molecule has 2 fully saturated rings. The minimum Gasteiger partial charge on any atom is -0.491 e. The Kier molecular flexibility index (Phi) is 2.76.